The first-order valence-corrected chi connectivity index (χ1v) is 8.10. The van der Waals surface area contributed by atoms with E-state index in [0.717, 1.165) is 25.8 Å². The summed E-state index contributed by atoms with van der Waals surface area (Å²) in [7, 11) is 1.61. The minimum atomic E-state index is 0.184. The molecule has 2 aliphatic heterocycles. The Morgan fingerprint density at radius 3 is 2.76 bits per heavy atom. The van der Waals surface area contributed by atoms with Gasteiger partial charge in [-0.05, 0) is 38.0 Å². The van der Waals surface area contributed by atoms with Crippen LogP contribution in [0.3, 0.4) is 0 Å². The van der Waals surface area contributed by atoms with Gasteiger partial charge in [0.1, 0.15) is 5.69 Å². The molecule has 0 spiro atoms. The van der Waals surface area contributed by atoms with Crippen LogP contribution in [0.5, 0.6) is 5.75 Å². The van der Waals surface area contributed by atoms with E-state index in [9.17, 15) is 4.79 Å². The van der Waals surface area contributed by atoms with Gasteiger partial charge in [0.25, 0.3) is 0 Å². The van der Waals surface area contributed by atoms with E-state index in [1.165, 1.54) is 12.8 Å². The van der Waals surface area contributed by atoms with E-state index in [1.807, 2.05) is 0 Å². The summed E-state index contributed by atoms with van der Waals surface area (Å²) in [5, 5.41) is 7.92. The molecule has 0 aromatic carbocycles. The van der Waals surface area contributed by atoms with Crippen molar-refractivity contribution in [3.8, 4) is 5.75 Å². The van der Waals surface area contributed by atoms with Crippen LogP contribution in [0.1, 0.15) is 55.9 Å². The van der Waals surface area contributed by atoms with Gasteiger partial charge in [0, 0.05) is 25.0 Å². The van der Waals surface area contributed by atoms with Gasteiger partial charge in [0.05, 0.1) is 13.3 Å². The van der Waals surface area contributed by atoms with Crippen LogP contribution in [0, 0.1) is 5.92 Å². The Bertz CT molecular complexity index is 500. The molecule has 1 aromatic rings. The number of fused-ring (bicyclic) bond motifs is 2. The van der Waals surface area contributed by atoms with Gasteiger partial charge in [-0.3, -0.25) is 9.48 Å². The summed E-state index contributed by atoms with van der Waals surface area (Å²) >= 11 is 0. The van der Waals surface area contributed by atoms with Crippen molar-refractivity contribution < 1.29 is 9.53 Å². The number of methoxy groups -OCH3 is 1. The van der Waals surface area contributed by atoms with Crippen molar-refractivity contribution in [3.05, 3.63) is 11.9 Å². The molecule has 2 fully saturated rings. The largest absolute Gasteiger partial charge is 0.493 e. The molecule has 0 saturated carbocycles. The van der Waals surface area contributed by atoms with Crippen LogP contribution in [-0.2, 0) is 6.54 Å². The molecule has 3 heterocycles. The highest BCUT2D eigenvalue weighted by atomic mass is 16.5. The van der Waals surface area contributed by atoms with Gasteiger partial charge in [0.15, 0.2) is 11.5 Å². The van der Waals surface area contributed by atoms with Crippen molar-refractivity contribution in [1.29, 1.82) is 0 Å². The zero-order valence-electron chi connectivity index (χ0n) is 13.0. The Labute approximate surface area is 126 Å². The van der Waals surface area contributed by atoms with Crippen molar-refractivity contribution in [1.82, 2.24) is 15.1 Å². The van der Waals surface area contributed by atoms with Gasteiger partial charge < -0.3 is 10.1 Å². The Morgan fingerprint density at radius 1 is 1.43 bits per heavy atom. The first kappa shape index (κ1) is 14.6. The molecule has 3 rings (SSSR count). The van der Waals surface area contributed by atoms with Gasteiger partial charge >= 0.3 is 0 Å². The van der Waals surface area contributed by atoms with Gasteiger partial charge in [-0.2, -0.15) is 5.10 Å². The predicted molar refractivity (Wildman–Crippen MR) is 80.7 cm³/mol. The van der Waals surface area contributed by atoms with Gasteiger partial charge in [-0.25, -0.2) is 0 Å². The molecule has 0 radical (unpaired) electrons. The average molecular weight is 291 g/mol. The topological polar surface area (TPSA) is 56.2 Å². The van der Waals surface area contributed by atoms with Crippen LogP contribution in [0.25, 0.3) is 0 Å². The van der Waals surface area contributed by atoms with Crippen LogP contribution in [0.2, 0.25) is 0 Å². The fraction of sp³-hybridized carbons (Fsp3) is 0.750. The number of carbonyl (C=O) groups excluding carboxylic acids is 1. The number of rotatable bonds is 6. The lowest BCUT2D eigenvalue weighted by Crippen LogP contribution is -2.38. The first-order valence-electron chi connectivity index (χ1n) is 8.10. The average Bonchev–Trinajstić information content (AvgIpc) is 3.02. The lowest BCUT2D eigenvalue weighted by atomic mass is 9.87. The van der Waals surface area contributed by atoms with E-state index in [0.29, 0.717) is 35.9 Å². The number of ketones is 1. The molecule has 2 unspecified atom stereocenters. The quantitative estimate of drug-likeness (QED) is 0.818. The van der Waals surface area contributed by atoms with Crippen molar-refractivity contribution in [2.24, 2.45) is 5.92 Å². The Kier molecular flexibility index (Phi) is 4.29. The summed E-state index contributed by atoms with van der Waals surface area (Å²) in [5.74, 6) is 1.31. The van der Waals surface area contributed by atoms with Gasteiger partial charge in [-0.15, -0.1) is 0 Å². The molecule has 2 bridgehead atoms. The summed E-state index contributed by atoms with van der Waals surface area (Å²) in [6.45, 7) is 2.86. The molecule has 2 saturated heterocycles. The van der Waals surface area contributed by atoms with Crippen LogP contribution in [0.15, 0.2) is 6.20 Å². The summed E-state index contributed by atoms with van der Waals surface area (Å²) in [5.41, 5.74) is 0.658. The third-order valence-electron chi connectivity index (χ3n) is 4.77. The number of aromatic nitrogens is 2. The van der Waals surface area contributed by atoms with E-state index in [1.54, 1.807) is 18.0 Å². The van der Waals surface area contributed by atoms with Crippen LogP contribution in [-0.4, -0.2) is 34.8 Å². The van der Waals surface area contributed by atoms with Crippen LogP contribution >= 0.6 is 0 Å². The lowest BCUT2D eigenvalue weighted by molar-refractivity contribution is 0.0931. The minimum Gasteiger partial charge on any atom is -0.493 e. The second kappa shape index (κ2) is 6.18. The Morgan fingerprint density at radius 2 is 2.14 bits per heavy atom. The summed E-state index contributed by atoms with van der Waals surface area (Å²) < 4.78 is 7.12. The molecule has 5 heteroatoms. The molecule has 2 aliphatic rings. The summed E-state index contributed by atoms with van der Waals surface area (Å²) in [4.78, 5) is 12.7. The number of nitrogens with one attached hydrogen (secondary N) is 1. The van der Waals surface area contributed by atoms with Gasteiger partial charge in [0.2, 0.25) is 0 Å². The van der Waals surface area contributed by atoms with E-state index in [4.69, 9.17) is 4.74 Å². The third-order valence-corrected chi connectivity index (χ3v) is 4.77. The maximum absolute atomic E-state index is 12.7. The molecule has 0 amide bonds. The number of carbonyl (C=O) groups is 1. The summed E-state index contributed by atoms with van der Waals surface area (Å²) in [6, 6.07) is 1.26. The van der Waals surface area contributed by atoms with Crippen molar-refractivity contribution >= 4 is 5.78 Å². The molecule has 116 valence electrons. The minimum absolute atomic E-state index is 0.184. The summed E-state index contributed by atoms with van der Waals surface area (Å²) in [6.07, 6.45) is 8.05. The number of piperidine rings is 1. The smallest absolute Gasteiger partial charge is 0.184 e. The second-order valence-corrected chi connectivity index (χ2v) is 6.39. The number of nitrogens with zero attached hydrogens (tertiary/aromatic N) is 2. The monoisotopic (exact) mass is 291 g/mol. The SMILES string of the molecule is CCCn1ncc(OC)c1C(=O)CC1CC2CCC(C1)N2. The third kappa shape index (κ3) is 2.98. The van der Waals surface area contributed by atoms with E-state index < -0.39 is 0 Å². The predicted octanol–water partition coefficient (Wildman–Crippen LogP) is 2.41. The highest BCUT2D eigenvalue weighted by Gasteiger charge is 2.35. The fourth-order valence-electron chi connectivity index (χ4n) is 3.88. The molecule has 2 atom stereocenters. The second-order valence-electron chi connectivity index (χ2n) is 6.39. The standard InChI is InChI=1S/C16H25N3O2/c1-3-6-19-16(15(21-2)10-17-19)14(20)9-11-7-12-4-5-13(8-11)18-12/h10-13,18H,3-9H2,1-2H3. The number of hydrogen-bond donors (Lipinski definition) is 1. The van der Waals surface area contributed by atoms with Crippen LogP contribution in [0.4, 0.5) is 0 Å². The van der Waals surface area contributed by atoms with Crippen LogP contribution < -0.4 is 10.1 Å². The first-order chi connectivity index (χ1) is 10.2. The molecular weight excluding hydrogens is 266 g/mol. The van der Waals surface area contributed by atoms with E-state index >= 15 is 0 Å². The number of hydrogen-bond acceptors (Lipinski definition) is 4. The number of Topliss-reactive ketones (excluding diaryl/α,β-unsaturated/α-hetero) is 1. The molecule has 0 aliphatic carbocycles. The number of aryl methyl sites for hydroxylation is 1. The van der Waals surface area contributed by atoms with E-state index in [-0.39, 0.29) is 5.78 Å². The molecule has 1 N–H and O–H groups in total. The van der Waals surface area contributed by atoms with Gasteiger partial charge in [-0.1, -0.05) is 6.92 Å². The zero-order valence-corrected chi connectivity index (χ0v) is 13.0. The highest BCUT2D eigenvalue weighted by molar-refractivity contribution is 5.97. The lowest BCUT2D eigenvalue weighted by Gasteiger charge is -2.28. The molecule has 21 heavy (non-hydrogen) atoms. The van der Waals surface area contributed by atoms with Crippen molar-refractivity contribution in [3.63, 3.8) is 0 Å². The molecular formula is C16H25N3O2. The van der Waals surface area contributed by atoms with Crippen molar-refractivity contribution in [2.75, 3.05) is 7.11 Å². The van der Waals surface area contributed by atoms with E-state index in [2.05, 4.69) is 17.3 Å². The normalized spacial score (nSPS) is 27.8. The van der Waals surface area contributed by atoms with Crippen molar-refractivity contribution in [2.45, 2.75) is 64.1 Å². The maximum Gasteiger partial charge on any atom is 0.184 e. The molecule has 5 nitrogen and oxygen atoms in total. The highest BCUT2D eigenvalue weighted by Crippen LogP contribution is 2.34. The zero-order chi connectivity index (χ0) is 14.8. The molecule has 1 aromatic heterocycles. The Balaban J connectivity index is 1.71. The maximum atomic E-state index is 12.7. The fourth-order valence-corrected chi connectivity index (χ4v) is 3.88. The number of ether oxygens (including phenoxy) is 1. The Hall–Kier alpha value is -1.36.